The first-order valence-electron chi connectivity index (χ1n) is 11.8. The number of aliphatic hydroxyl groups excluding tert-OH is 1. The Kier molecular flexibility index (Phi) is 9.47. The summed E-state index contributed by atoms with van der Waals surface area (Å²) in [7, 11) is 0. The molecular formula is C27H37N3O6. The molecule has 2 unspecified atom stereocenters. The number of alkyl carbamates (subject to hydrolysis) is 1. The number of phenols is 1. The van der Waals surface area contributed by atoms with Crippen LogP contribution in [0.1, 0.15) is 57.4 Å². The number of rotatable bonds is 8. The largest absolute Gasteiger partial charge is 0.508 e. The second-order valence-electron chi connectivity index (χ2n) is 9.97. The van der Waals surface area contributed by atoms with E-state index in [0.717, 1.165) is 11.1 Å². The van der Waals surface area contributed by atoms with Gasteiger partial charge in [-0.2, -0.15) is 0 Å². The Morgan fingerprint density at radius 3 is 2.11 bits per heavy atom. The molecule has 0 bridgehead atoms. The molecule has 9 heteroatoms. The normalized spacial score (nSPS) is 13.0. The third kappa shape index (κ3) is 7.45. The molecule has 36 heavy (non-hydrogen) atoms. The summed E-state index contributed by atoms with van der Waals surface area (Å²) in [4.78, 5) is 41.0. The van der Waals surface area contributed by atoms with Crippen LogP contribution in [0, 0.1) is 13.8 Å². The first-order valence-corrected chi connectivity index (χ1v) is 11.8. The van der Waals surface area contributed by atoms with E-state index in [9.17, 15) is 24.6 Å². The topological polar surface area (TPSA) is 128 Å². The molecule has 0 saturated carbocycles. The number of hydrogen-bond donors (Lipinski definition) is 4. The molecule has 0 radical (unpaired) electrons. The van der Waals surface area contributed by atoms with Gasteiger partial charge in [0.25, 0.3) is 5.91 Å². The van der Waals surface area contributed by atoms with Crippen molar-refractivity contribution in [1.29, 1.82) is 0 Å². The maximum atomic E-state index is 13.7. The number of carbonyl (C=O) groups is 3. The third-order valence-electron chi connectivity index (χ3n) is 5.42. The average Bonchev–Trinajstić information content (AvgIpc) is 2.76. The van der Waals surface area contributed by atoms with E-state index in [0.29, 0.717) is 11.3 Å². The number of nitrogens with zero attached hydrogens (tertiary/aromatic N) is 1. The molecule has 0 aliphatic rings. The predicted octanol–water partition coefficient (Wildman–Crippen LogP) is 3.81. The van der Waals surface area contributed by atoms with Gasteiger partial charge in [-0.3, -0.25) is 9.59 Å². The van der Waals surface area contributed by atoms with Crippen LogP contribution in [0.5, 0.6) is 5.75 Å². The highest BCUT2D eigenvalue weighted by Crippen LogP contribution is 2.30. The van der Waals surface area contributed by atoms with Gasteiger partial charge in [0.2, 0.25) is 5.91 Å². The maximum absolute atomic E-state index is 13.7. The van der Waals surface area contributed by atoms with Gasteiger partial charge in [-0.05, 0) is 77.3 Å². The lowest BCUT2D eigenvalue weighted by Crippen LogP contribution is -2.55. The Labute approximate surface area is 212 Å². The summed E-state index contributed by atoms with van der Waals surface area (Å²) < 4.78 is 5.23. The van der Waals surface area contributed by atoms with E-state index >= 15 is 0 Å². The number of ether oxygens (including phenoxy) is 1. The van der Waals surface area contributed by atoms with Gasteiger partial charge in [-0.1, -0.05) is 30.3 Å². The van der Waals surface area contributed by atoms with Gasteiger partial charge in [0.15, 0.2) is 0 Å². The molecule has 4 N–H and O–H groups in total. The minimum Gasteiger partial charge on any atom is -0.508 e. The van der Waals surface area contributed by atoms with Crippen molar-refractivity contribution in [2.75, 3.05) is 11.9 Å². The van der Waals surface area contributed by atoms with Crippen LogP contribution in [0.3, 0.4) is 0 Å². The van der Waals surface area contributed by atoms with Crippen molar-refractivity contribution in [1.82, 2.24) is 10.2 Å². The van der Waals surface area contributed by atoms with E-state index in [-0.39, 0.29) is 5.75 Å². The van der Waals surface area contributed by atoms with Crippen LogP contribution in [0.15, 0.2) is 42.5 Å². The molecule has 0 heterocycles. The first-order chi connectivity index (χ1) is 16.7. The zero-order valence-corrected chi connectivity index (χ0v) is 22.0. The molecule has 2 aromatic carbocycles. The van der Waals surface area contributed by atoms with Crippen LogP contribution < -0.4 is 10.6 Å². The zero-order chi connectivity index (χ0) is 27.2. The SMILES string of the molecule is Cc1cccc(C)c1NC(=O)C(c1cccc(O)c1)N(C(=O)C(CO)NC(=O)OC(C)(C)C)C(C)C. The Morgan fingerprint density at radius 1 is 1.03 bits per heavy atom. The van der Waals surface area contributed by atoms with Crippen molar-refractivity contribution in [3.63, 3.8) is 0 Å². The molecule has 2 atom stereocenters. The molecule has 0 saturated heterocycles. The van der Waals surface area contributed by atoms with Gasteiger partial charge in [-0.15, -0.1) is 0 Å². The van der Waals surface area contributed by atoms with Crippen LogP contribution >= 0.6 is 0 Å². The molecule has 0 aliphatic carbocycles. The molecule has 196 valence electrons. The van der Waals surface area contributed by atoms with Gasteiger partial charge < -0.3 is 30.5 Å². The number of phenolic OH excluding ortho intramolecular Hbond substituents is 1. The van der Waals surface area contributed by atoms with Crippen LogP contribution in [0.2, 0.25) is 0 Å². The second kappa shape index (κ2) is 11.9. The number of anilines is 1. The van der Waals surface area contributed by atoms with Gasteiger partial charge >= 0.3 is 6.09 Å². The molecule has 9 nitrogen and oxygen atoms in total. The van der Waals surface area contributed by atoms with Crippen molar-refractivity contribution in [2.24, 2.45) is 0 Å². The maximum Gasteiger partial charge on any atom is 0.408 e. The average molecular weight is 500 g/mol. The van der Waals surface area contributed by atoms with Crippen molar-refractivity contribution in [2.45, 2.75) is 72.2 Å². The highest BCUT2D eigenvalue weighted by Gasteiger charge is 2.38. The summed E-state index contributed by atoms with van der Waals surface area (Å²) in [5, 5.41) is 25.4. The summed E-state index contributed by atoms with van der Waals surface area (Å²) in [6, 6.07) is 8.66. The molecule has 3 amide bonds. The number of benzene rings is 2. The van der Waals surface area contributed by atoms with Crippen molar-refractivity contribution in [3.05, 3.63) is 59.2 Å². The lowest BCUT2D eigenvalue weighted by Gasteiger charge is -2.37. The fourth-order valence-corrected chi connectivity index (χ4v) is 3.83. The fraction of sp³-hybridized carbons (Fsp3) is 0.444. The monoisotopic (exact) mass is 499 g/mol. The van der Waals surface area contributed by atoms with Crippen molar-refractivity contribution < 1.29 is 29.3 Å². The Morgan fingerprint density at radius 2 is 1.61 bits per heavy atom. The molecule has 0 aromatic heterocycles. The summed E-state index contributed by atoms with van der Waals surface area (Å²) in [6.07, 6.45) is -0.868. The third-order valence-corrected chi connectivity index (χ3v) is 5.42. The van der Waals surface area contributed by atoms with E-state index in [1.807, 2.05) is 32.0 Å². The van der Waals surface area contributed by atoms with Gasteiger partial charge in [0, 0.05) is 11.7 Å². The van der Waals surface area contributed by atoms with E-state index in [4.69, 9.17) is 4.74 Å². The molecule has 2 rings (SSSR count). The van der Waals surface area contributed by atoms with Crippen LogP contribution in [0.4, 0.5) is 10.5 Å². The summed E-state index contributed by atoms with van der Waals surface area (Å²) in [6.45, 7) is 11.5. The number of amides is 3. The minimum atomic E-state index is -1.35. The predicted molar refractivity (Wildman–Crippen MR) is 138 cm³/mol. The fourth-order valence-electron chi connectivity index (χ4n) is 3.83. The van der Waals surface area contributed by atoms with Crippen LogP contribution in [-0.4, -0.2) is 57.3 Å². The summed E-state index contributed by atoms with van der Waals surface area (Å²) in [5.74, 6) is -1.25. The standard InChI is InChI=1S/C27H37N3O6/c1-16(2)30(25(34)21(15-31)28-26(35)36-27(5,6)7)23(19-12-9-13-20(32)14-19)24(33)29-22-17(3)10-8-11-18(22)4/h8-14,16,21,23,31-32H,15H2,1-7H3,(H,28,35)(H,29,33). The zero-order valence-electron chi connectivity index (χ0n) is 22.0. The number of aliphatic hydroxyl groups is 1. The van der Waals surface area contributed by atoms with E-state index in [2.05, 4.69) is 10.6 Å². The van der Waals surface area contributed by atoms with Crippen LogP contribution in [0.25, 0.3) is 0 Å². The van der Waals surface area contributed by atoms with E-state index in [1.54, 1.807) is 46.8 Å². The lowest BCUT2D eigenvalue weighted by atomic mass is 10.00. The Balaban J connectivity index is 2.50. The van der Waals surface area contributed by atoms with Gasteiger partial charge in [0.05, 0.1) is 6.61 Å². The summed E-state index contributed by atoms with van der Waals surface area (Å²) >= 11 is 0. The Bertz CT molecular complexity index is 1070. The number of aromatic hydroxyl groups is 1. The number of aryl methyl sites for hydroxylation is 2. The smallest absolute Gasteiger partial charge is 0.408 e. The molecule has 2 aromatic rings. The molecule has 0 aliphatic heterocycles. The van der Waals surface area contributed by atoms with E-state index < -0.39 is 48.2 Å². The van der Waals surface area contributed by atoms with Crippen molar-refractivity contribution in [3.8, 4) is 5.75 Å². The van der Waals surface area contributed by atoms with Gasteiger partial charge in [0.1, 0.15) is 23.4 Å². The highest BCUT2D eigenvalue weighted by molar-refractivity contribution is 6.00. The van der Waals surface area contributed by atoms with Crippen LogP contribution in [-0.2, 0) is 14.3 Å². The first kappa shape index (κ1) is 28.6. The molecule has 0 spiro atoms. The van der Waals surface area contributed by atoms with E-state index in [1.165, 1.54) is 17.0 Å². The Hall–Kier alpha value is -3.59. The second-order valence-corrected chi connectivity index (χ2v) is 9.97. The molecular weight excluding hydrogens is 462 g/mol. The lowest BCUT2D eigenvalue weighted by molar-refractivity contribution is -0.143. The molecule has 0 fully saturated rings. The number of para-hydroxylation sites is 1. The van der Waals surface area contributed by atoms with Gasteiger partial charge in [-0.25, -0.2) is 4.79 Å². The summed E-state index contributed by atoms with van der Waals surface area (Å²) in [5.41, 5.74) is 1.88. The quantitative estimate of drug-likeness (QED) is 0.437. The van der Waals surface area contributed by atoms with Crippen molar-refractivity contribution >= 4 is 23.6 Å². The number of carbonyl (C=O) groups excluding carboxylic acids is 3. The minimum absolute atomic E-state index is 0.0703. The highest BCUT2D eigenvalue weighted by atomic mass is 16.6. The number of nitrogens with one attached hydrogen (secondary N) is 2. The number of hydrogen-bond acceptors (Lipinski definition) is 6.